The van der Waals surface area contributed by atoms with Gasteiger partial charge in [0.05, 0.1) is 0 Å². The maximum atomic E-state index is 11.0. The van der Waals surface area contributed by atoms with Crippen molar-refractivity contribution >= 4 is 23.2 Å². The summed E-state index contributed by atoms with van der Waals surface area (Å²) in [5.74, 6) is 1.64. The minimum absolute atomic E-state index is 0.0444. The highest BCUT2D eigenvalue weighted by molar-refractivity contribution is 7.80. The van der Waals surface area contributed by atoms with E-state index < -0.39 is 0 Å². The zero-order valence-corrected chi connectivity index (χ0v) is 10.4. The average molecular weight is 241 g/mol. The van der Waals surface area contributed by atoms with Crippen molar-refractivity contribution in [1.82, 2.24) is 16.2 Å². The predicted octanol–water partition coefficient (Wildman–Crippen LogP) is 1.08. The first-order valence-electron chi connectivity index (χ1n) is 6.04. The molecule has 0 aromatic heterocycles. The molecular weight excluding hydrogens is 222 g/mol. The van der Waals surface area contributed by atoms with Gasteiger partial charge in [-0.25, -0.2) is 0 Å². The lowest BCUT2D eigenvalue weighted by atomic mass is 9.96. The lowest BCUT2D eigenvalue weighted by molar-refractivity contribution is -0.121. The Morgan fingerprint density at radius 2 is 2.12 bits per heavy atom. The van der Waals surface area contributed by atoms with Gasteiger partial charge in [0.2, 0.25) is 5.91 Å². The highest BCUT2D eigenvalue weighted by atomic mass is 32.1. The molecule has 0 aromatic carbocycles. The Morgan fingerprint density at radius 3 is 2.69 bits per heavy atom. The number of fused-ring (bicyclic) bond motifs is 2. The highest BCUT2D eigenvalue weighted by Crippen LogP contribution is 2.44. The quantitative estimate of drug-likeness (QED) is 0.500. The second kappa shape index (κ2) is 4.99. The number of carbonyl (C=O) groups is 1. The number of amides is 1. The van der Waals surface area contributed by atoms with Crippen molar-refractivity contribution in [1.29, 1.82) is 0 Å². The molecule has 2 saturated carbocycles. The maximum absolute atomic E-state index is 11.0. The van der Waals surface area contributed by atoms with Crippen LogP contribution in [-0.2, 0) is 4.79 Å². The molecule has 0 radical (unpaired) electrons. The molecule has 0 aromatic rings. The standard InChI is InChI=1S/C11H19N3OS/c1-2-10(15)13-14-11(16)12-9-6-7-3-4-8(9)5-7/h7-9H,2-6H2,1H3,(H,13,15)(H2,12,14,16)/t7-,8-,9+/m0/s1. The first-order chi connectivity index (χ1) is 7.69. The third-order valence-electron chi connectivity index (χ3n) is 3.69. The van der Waals surface area contributed by atoms with Gasteiger partial charge >= 0.3 is 0 Å². The molecule has 3 atom stereocenters. The fourth-order valence-electron chi connectivity index (χ4n) is 2.84. The van der Waals surface area contributed by atoms with Crippen molar-refractivity contribution in [3.05, 3.63) is 0 Å². The van der Waals surface area contributed by atoms with Crippen LogP contribution in [0.5, 0.6) is 0 Å². The highest BCUT2D eigenvalue weighted by Gasteiger charge is 2.39. The first kappa shape index (κ1) is 11.6. The zero-order chi connectivity index (χ0) is 11.5. The smallest absolute Gasteiger partial charge is 0.238 e. The molecule has 2 bridgehead atoms. The summed E-state index contributed by atoms with van der Waals surface area (Å²) in [5.41, 5.74) is 5.30. The molecule has 0 spiro atoms. The van der Waals surface area contributed by atoms with Crippen LogP contribution in [0, 0.1) is 11.8 Å². The summed E-state index contributed by atoms with van der Waals surface area (Å²) in [6, 6.07) is 0.511. The molecule has 2 rings (SSSR count). The van der Waals surface area contributed by atoms with Gasteiger partial charge in [-0.1, -0.05) is 13.3 Å². The van der Waals surface area contributed by atoms with Crippen LogP contribution in [0.15, 0.2) is 0 Å². The van der Waals surface area contributed by atoms with Crippen LogP contribution in [0.4, 0.5) is 0 Å². The second-order valence-electron chi connectivity index (χ2n) is 4.78. The van der Waals surface area contributed by atoms with Crippen LogP contribution >= 0.6 is 12.2 Å². The lowest BCUT2D eigenvalue weighted by Crippen LogP contribution is -2.50. The van der Waals surface area contributed by atoms with E-state index in [9.17, 15) is 4.79 Å². The number of hydrogen-bond donors (Lipinski definition) is 3. The Bertz CT molecular complexity index is 295. The summed E-state index contributed by atoms with van der Waals surface area (Å²) in [6.07, 6.45) is 5.75. The number of thiocarbonyl (C=S) groups is 1. The Hall–Kier alpha value is -0.840. The maximum Gasteiger partial charge on any atom is 0.238 e. The van der Waals surface area contributed by atoms with Crippen molar-refractivity contribution in [2.45, 2.75) is 45.1 Å². The van der Waals surface area contributed by atoms with Gasteiger partial charge in [0.15, 0.2) is 5.11 Å². The average Bonchev–Trinajstić information content (AvgIpc) is 2.87. The molecule has 0 unspecified atom stereocenters. The second-order valence-corrected chi connectivity index (χ2v) is 5.19. The van der Waals surface area contributed by atoms with Gasteiger partial charge < -0.3 is 5.32 Å². The number of hydrogen-bond acceptors (Lipinski definition) is 2. The Morgan fingerprint density at radius 1 is 1.31 bits per heavy atom. The van der Waals surface area contributed by atoms with Gasteiger partial charge in [-0.05, 0) is 43.3 Å². The van der Waals surface area contributed by atoms with E-state index in [0.717, 1.165) is 11.8 Å². The molecule has 16 heavy (non-hydrogen) atoms. The summed E-state index contributed by atoms with van der Waals surface area (Å²) < 4.78 is 0. The molecule has 2 aliphatic rings. The monoisotopic (exact) mass is 241 g/mol. The molecule has 90 valence electrons. The van der Waals surface area contributed by atoms with Gasteiger partial charge in [0.25, 0.3) is 0 Å². The largest absolute Gasteiger partial charge is 0.358 e. The SMILES string of the molecule is CCC(=O)NNC(=S)N[C@@H]1C[C@H]2CC[C@H]1C2. The van der Waals surface area contributed by atoms with Crippen molar-refractivity contribution in [3.63, 3.8) is 0 Å². The molecule has 5 heteroatoms. The van der Waals surface area contributed by atoms with Crippen LogP contribution in [0.2, 0.25) is 0 Å². The number of hydrazine groups is 1. The fraction of sp³-hybridized carbons (Fsp3) is 0.818. The third kappa shape index (κ3) is 2.64. The van der Waals surface area contributed by atoms with E-state index in [2.05, 4.69) is 16.2 Å². The van der Waals surface area contributed by atoms with E-state index in [4.69, 9.17) is 12.2 Å². The minimum Gasteiger partial charge on any atom is -0.358 e. The van der Waals surface area contributed by atoms with Crippen LogP contribution in [0.1, 0.15) is 39.0 Å². The summed E-state index contributed by atoms with van der Waals surface area (Å²) in [4.78, 5) is 11.0. The summed E-state index contributed by atoms with van der Waals surface area (Å²) in [6.45, 7) is 1.81. The molecule has 0 saturated heterocycles. The van der Waals surface area contributed by atoms with Gasteiger partial charge in [-0.3, -0.25) is 15.6 Å². The van der Waals surface area contributed by atoms with Crippen LogP contribution in [0.25, 0.3) is 0 Å². The van der Waals surface area contributed by atoms with Crippen LogP contribution < -0.4 is 16.2 Å². The first-order valence-corrected chi connectivity index (χ1v) is 6.45. The Labute approximate surface area is 102 Å². The molecule has 2 aliphatic carbocycles. The topological polar surface area (TPSA) is 53.2 Å². The summed E-state index contributed by atoms with van der Waals surface area (Å²) in [7, 11) is 0. The van der Waals surface area contributed by atoms with E-state index in [1.807, 2.05) is 6.92 Å². The molecule has 1 amide bonds. The van der Waals surface area contributed by atoms with Gasteiger partial charge in [-0.2, -0.15) is 0 Å². The molecular formula is C11H19N3OS. The van der Waals surface area contributed by atoms with Crippen LogP contribution in [-0.4, -0.2) is 17.1 Å². The third-order valence-corrected chi connectivity index (χ3v) is 3.91. The normalized spacial score (nSPS) is 31.2. The minimum atomic E-state index is -0.0444. The Balaban J connectivity index is 1.69. The number of carbonyl (C=O) groups excluding carboxylic acids is 1. The van der Waals surface area contributed by atoms with Gasteiger partial charge in [0.1, 0.15) is 0 Å². The van der Waals surface area contributed by atoms with Crippen molar-refractivity contribution in [3.8, 4) is 0 Å². The molecule has 0 aliphatic heterocycles. The number of rotatable bonds is 2. The van der Waals surface area contributed by atoms with E-state index in [1.54, 1.807) is 0 Å². The molecule has 4 nitrogen and oxygen atoms in total. The molecule has 2 fully saturated rings. The molecule has 0 heterocycles. The fourth-order valence-corrected chi connectivity index (χ4v) is 3.04. The van der Waals surface area contributed by atoms with E-state index in [1.165, 1.54) is 25.7 Å². The predicted molar refractivity (Wildman–Crippen MR) is 66.5 cm³/mol. The van der Waals surface area contributed by atoms with Gasteiger partial charge in [-0.15, -0.1) is 0 Å². The number of nitrogens with one attached hydrogen (secondary N) is 3. The zero-order valence-electron chi connectivity index (χ0n) is 9.58. The lowest BCUT2D eigenvalue weighted by Gasteiger charge is -2.24. The summed E-state index contributed by atoms with van der Waals surface area (Å²) >= 11 is 5.14. The van der Waals surface area contributed by atoms with Crippen LogP contribution in [0.3, 0.4) is 0 Å². The van der Waals surface area contributed by atoms with Gasteiger partial charge in [0, 0.05) is 12.5 Å². The van der Waals surface area contributed by atoms with E-state index in [0.29, 0.717) is 17.6 Å². The van der Waals surface area contributed by atoms with E-state index >= 15 is 0 Å². The van der Waals surface area contributed by atoms with E-state index in [-0.39, 0.29) is 5.91 Å². The Kier molecular flexibility index (Phi) is 3.63. The van der Waals surface area contributed by atoms with Crippen molar-refractivity contribution in [2.75, 3.05) is 0 Å². The van der Waals surface area contributed by atoms with Crippen molar-refractivity contribution < 1.29 is 4.79 Å². The van der Waals surface area contributed by atoms with Crippen molar-refractivity contribution in [2.24, 2.45) is 11.8 Å². The molecule has 3 N–H and O–H groups in total. The summed E-state index contributed by atoms with van der Waals surface area (Å²) in [5, 5.41) is 3.84.